The third kappa shape index (κ3) is 2.64. The second kappa shape index (κ2) is 4.70. The normalized spacial score (nSPS) is 11.4. The maximum absolute atomic E-state index is 6.23. The van der Waals surface area contributed by atoms with Gasteiger partial charge >= 0.3 is 0 Å². The third-order valence-corrected chi connectivity index (χ3v) is 3.51. The number of nitrogens with two attached hydrogens (primary N) is 1. The largest absolute Gasteiger partial charge is 0.383 e. The van der Waals surface area contributed by atoms with E-state index in [1.807, 2.05) is 19.1 Å². The summed E-state index contributed by atoms with van der Waals surface area (Å²) >= 11 is 7.98. The number of fused-ring (bicyclic) bond motifs is 1. The van der Waals surface area contributed by atoms with Gasteiger partial charge in [-0.2, -0.15) is 0 Å². The van der Waals surface area contributed by atoms with Crippen LogP contribution in [0.3, 0.4) is 0 Å². The van der Waals surface area contributed by atoms with Crippen molar-refractivity contribution in [2.75, 3.05) is 5.73 Å². The highest BCUT2D eigenvalue weighted by Gasteiger charge is 2.10. The summed E-state index contributed by atoms with van der Waals surface area (Å²) in [6, 6.07) is 3.93. The van der Waals surface area contributed by atoms with E-state index in [9.17, 15) is 0 Å². The van der Waals surface area contributed by atoms with E-state index < -0.39 is 0 Å². The Balaban J connectivity index is 2.64. The molecule has 1 aromatic heterocycles. The first-order valence-corrected chi connectivity index (χ1v) is 6.63. The summed E-state index contributed by atoms with van der Waals surface area (Å²) in [5.74, 6) is 1.11. The second-order valence-electron chi connectivity index (χ2n) is 4.12. The molecule has 2 aromatic rings. The molecule has 0 bridgehead atoms. The van der Waals surface area contributed by atoms with Gasteiger partial charge in [0.25, 0.3) is 0 Å². The zero-order valence-corrected chi connectivity index (χ0v) is 11.6. The van der Waals surface area contributed by atoms with Crippen LogP contribution in [0, 0.1) is 6.92 Å². The van der Waals surface area contributed by atoms with Crippen molar-refractivity contribution in [3.8, 4) is 0 Å². The Morgan fingerprint density at radius 1 is 1.29 bits per heavy atom. The van der Waals surface area contributed by atoms with Gasteiger partial charge in [-0.1, -0.05) is 25.4 Å². The number of benzene rings is 1. The average Bonchev–Trinajstić information content (AvgIpc) is 2.13. The van der Waals surface area contributed by atoms with E-state index in [1.165, 1.54) is 0 Å². The van der Waals surface area contributed by atoms with Crippen molar-refractivity contribution in [1.82, 2.24) is 9.97 Å². The van der Waals surface area contributed by atoms with Crippen molar-refractivity contribution < 1.29 is 0 Å². The van der Waals surface area contributed by atoms with Crippen LogP contribution in [0.5, 0.6) is 0 Å². The molecule has 0 fully saturated rings. The molecule has 0 saturated heterocycles. The number of thioether (sulfide) groups is 1. The summed E-state index contributed by atoms with van der Waals surface area (Å²) in [4.78, 5) is 9.61. The van der Waals surface area contributed by atoms with E-state index in [1.54, 1.807) is 11.8 Å². The Morgan fingerprint density at radius 2 is 2.00 bits per heavy atom. The molecule has 2 N–H and O–H groups in total. The first-order chi connectivity index (χ1) is 7.97. The molecule has 1 aromatic carbocycles. The van der Waals surface area contributed by atoms with E-state index in [0.29, 0.717) is 21.9 Å². The fourth-order valence-corrected chi connectivity index (χ4v) is 2.97. The topological polar surface area (TPSA) is 51.8 Å². The summed E-state index contributed by atoms with van der Waals surface area (Å²) < 4.78 is 0. The molecule has 0 radical (unpaired) electrons. The quantitative estimate of drug-likeness (QED) is 0.844. The number of aromatic nitrogens is 2. The Morgan fingerprint density at radius 3 is 2.65 bits per heavy atom. The molecule has 0 aliphatic heterocycles. The molecule has 0 atom stereocenters. The number of nitrogens with zero attached hydrogens (tertiary/aromatic N) is 2. The van der Waals surface area contributed by atoms with Crippen molar-refractivity contribution in [2.45, 2.75) is 30.9 Å². The predicted molar refractivity (Wildman–Crippen MR) is 74.7 cm³/mol. The Hall–Kier alpha value is -1.00. The number of rotatable bonds is 2. The van der Waals surface area contributed by atoms with Crippen LogP contribution in [-0.2, 0) is 0 Å². The number of hydrogen-bond donors (Lipinski definition) is 1. The Kier molecular flexibility index (Phi) is 3.45. The SMILES string of the molecule is Cc1nc(N)c2c(Cl)cc(SC(C)C)cc2n1. The summed E-state index contributed by atoms with van der Waals surface area (Å²) in [7, 11) is 0. The predicted octanol–water partition coefficient (Wildman–Crippen LogP) is 3.67. The molecule has 0 spiro atoms. The molecular weight excluding hydrogens is 254 g/mol. The highest BCUT2D eigenvalue weighted by molar-refractivity contribution is 7.99. The summed E-state index contributed by atoms with van der Waals surface area (Å²) in [5.41, 5.74) is 6.68. The summed E-state index contributed by atoms with van der Waals surface area (Å²) in [6.45, 7) is 6.11. The number of aryl methyl sites for hydroxylation is 1. The standard InChI is InChI=1S/C12H14ClN3S/c1-6(2)17-8-4-9(13)11-10(5-8)15-7(3)16-12(11)14/h4-6H,1-3H3,(H2,14,15,16). The van der Waals surface area contributed by atoms with Gasteiger partial charge in [0.1, 0.15) is 11.6 Å². The first-order valence-electron chi connectivity index (χ1n) is 5.37. The van der Waals surface area contributed by atoms with E-state index >= 15 is 0 Å². The number of nitrogen functional groups attached to an aromatic ring is 1. The van der Waals surface area contributed by atoms with Gasteiger partial charge in [-0.05, 0) is 19.1 Å². The van der Waals surface area contributed by atoms with E-state index in [0.717, 1.165) is 15.8 Å². The molecule has 2 rings (SSSR count). The molecule has 5 heteroatoms. The number of anilines is 1. The van der Waals surface area contributed by atoms with Crippen molar-refractivity contribution >= 4 is 40.1 Å². The molecular formula is C12H14ClN3S. The van der Waals surface area contributed by atoms with Gasteiger partial charge in [-0.25, -0.2) is 9.97 Å². The number of hydrogen-bond acceptors (Lipinski definition) is 4. The fraction of sp³-hybridized carbons (Fsp3) is 0.333. The van der Waals surface area contributed by atoms with Crippen molar-refractivity contribution in [2.24, 2.45) is 0 Å². The fourth-order valence-electron chi connectivity index (χ4n) is 1.68. The Bertz CT molecular complexity index is 569. The second-order valence-corrected chi connectivity index (χ2v) is 6.18. The molecule has 17 heavy (non-hydrogen) atoms. The molecule has 90 valence electrons. The minimum Gasteiger partial charge on any atom is -0.383 e. The van der Waals surface area contributed by atoms with Crippen LogP contribution in [0.2, 0.25) is 5.02 Å². The maximum Gasteiger partial charge on any atom is 0.136 e. The highest BCUT2D eigenvalue weighted by atomic mass is 35.5. The van der Waals surface area contributed by atoms with E-state index in [4.69, 9.17) is 17.3 Å². The first kappa shape index (κ1) is 12.5. The smallest absolute Gasteiger partial charge is 0.136 e. The molecule has 0 unspecified atom stereocenters. The van der Waals surface area contributed by atoms with Crippen LogP contribution >= 0.6 is 23.4 Å². The zero-order chi connectivity index (χ0) is 12.6. The van der Waals surface area contributed by atoms with Gasteiger partial charge < -0.3 is 5.73 Å². The lowest BCUT2D eigenvalue weighted by Gasteiger charge is -2.09. The number of halogens is 1. The minimum absolute atomic E-state index is 0.443. The lowest BCUT2D eigenvalue weighted by Crippen LogP contribution is -1.98. The lowest BCUT2D eigenvalue weighted by atomic mass is 10.2. The van der Waals surface area contributed by atoms with Crippen LogP contribution in [0.4, 0.5) is 5.82 Å². The highest BCUT2D eigenvalue weighted by Crippen LogP contribution is 2.33. The summed E-state index contributed by atoms with van der Waals surface area (Å²) in [5, 5.41) is 1.86. The molecule has 1 heterocycles. The van der Waals surface area contributed by atoms with Gasteiger partial charge in [0.15, 0.2) is 0 Å². The van der Waals surface area contributed by atoms with Crippen LogP contribution < -0.4 is 5.73 Å². The molecule has 3 nitrogen and oxygen atoms in total. The zero-order valence-electron chi connectivity index (χ0n) is 9.99. The molecule has 0 aliphatic carbocycles. The third-order valence-electron chi connectivity index (χ3n) is 2.24. The van der Waals surface area contributed by atoms with E-state index in [-0.39, 0.29) is 0 Å². The molecule has 0 aliphatic rings. The van der Waals surface area contributed by atoms with Gasteiger partial charge in [0.2, 0.25) is 0 Å². The monoisotopic (exact) mass is 267 g/mol. The lowest BCUT2D eigenvalue weighted by molar-refractivity contribution is 1.09. The average molecular weight is 268 g/mol. The van der Waals surface area contributed by atoms with Crippen molar-refractivity contribution in [3.63, 3.8) is 0 Å². The van der Waals surface area contributed by atoms with Crippen LogP contribution in [-0.4, -0.2) is 15.2 Å². The van der Waals surface area contributed by atoms with Crippen LogP contribution in [0.25, 0.3) is 10.9 Å². The van der Waals surface area contributed by atoms with Gasteiger partial charge in [0.05, 0.1) is 15.9 Å². The van der Waals surface area contributed by atoms with Crippen molar-refractivity contribution in [1.29, 1.82) is 0 Å². The van der Waals surface area contributed by atoms with Gasteiger partial charge in [-0.3, -0.25) is 0 Å². The molecule has 0 saturated carbocycles. The molecule has 0 amide bonds. The maximum atomic E-state index is 6.23. The van der Waals surface area contributed by atoms with Crippen LogP contribution in [0.15, 0.2) is 17.0 Å². The van der Waals surface area contributed by atoms with E-state index in [2.05, 4.69) is 23.8 Å². The van der Waals surface area contributed by atoms with Crippen LogP contribution in [0.1, 0.15) is 19.7 Å². The Labute approximate surface area is 110 Å². The van der Waals surface area contributed by atoms with Gasteiger partial charge in [-0.15, -0.1) is 11.8 Å². The van der Waals surface area contributed by atoms with Crippen molar-refractivity contribution in [3.05, 3.63) is 23.0 Å². The van der Waals surface area contributed by atoms with Gasteiger partial charge in [0, 0.05) is 10.1 Å². The summed E-state index contributed by atoms with van der Waals surface area (Å²) in [6.07, 6.45) is 0. The minimum atomic E-state index is 0.443.